The molecule has 1 rings (SSSR count). The van der Waals surface area contributed by atoms with Gasteiger partial charge in [-0.2, -0.15) is 0 Å². The summed E-state index contributed by atoms with van der Waals surface area (Å²) in [5.41, 5.74) is 6.25. The van der Waals surface area contributed by atoms with E-state index in [1.807, 2.05) is 0 Å². The molecule has 0 unspecified atom stereocenters. The molecule has 84 valence electrons. The van der Waals surface area contributed by atoms with Crippen LogP contribution in [0.25, 0.3) is 0 Å². The second-order valence-electron chi connectivity index (χ2n) is 4.96. The van der Waals surface area contributed by atoms with Gasteiger partial charge in [-0.15, -0.1) is 0 Å². The zero-order valence-corrected chi connectivity index (χ0v) is 10.7. The van der Waals surface area contributed by atoms with Crippen LogP contribution in [-0.4, -0.2) is 0 Å². The molecule has 0 aliphatic heterocycles. The van der Waals surface area contributed by atoms with Crippen molar-refractivity contribution in [2.24, 2.45) is 0 Å². The van der Waals surface area contributed by atoms with Crippen molar-refractivity contribution in [1.82, 2.24) is 0 Å². The molecular weight excluding hydrogens is 180 g/mol. The van der Waals surface area contributed by atoms with Crippen molar-refractivity contribution in [1.29, 1.82) is 0 Å². The van der Waals surface area contributed by atoms with E-state index in [-0.39, 0.29) is 0 Å². The van der Waals surface area contributed by atoms with E-state index in [0.717, 1.165) is 0 Å². The molecule has 0 aromatic heterocycles. The quantitative estimate of drug-likeness (QED) is 0.477. The van der Waals surface area contributed by atoms with E-state index in [9.17, 15) is 0 Å². The predicted octanol–water partition coefficient (Wildman–Crippen LogP) is 5.18. The predicted molar refractivity (Wildman–Crippen MR) is 69.0 cm³/mol. The Hall–Kier alpha value is -0.780. The Morgan fingerprint density at radius 3 is 2.13 bits per heavy atom. The first kappa shape index (κ1) is 12.3. The fourth-order valence-electron chi connectivity index (χ4n) is 2.03. The van der Waals surface area contributed by atoms with Crippen molar-refractivity contribution in [3.05, 3.63) is 34.4 Å². The molecule has 0 radical (unpaired) electrons. The summed E-state index contributed by atoms with van der Waals surface area (Å²) < 4.78 is 0. The lowest BCUT2D eigenvalue weighted by Gasteiger charge is -2.12. The molecule has 0 atom stereocenters. The van der Waals surface area contributed by atoms with Crippen LogP contribution < -0.4 is 0 Å². The minimum atomic E-state index is 1.19. The van der Waals surface area contributed by atoms with Gasteiger partial charge in [0, 0.05) is 0 Å². The van der Waals surface area contributed by atoms with Crippen LogP contribution in [-0.2, 0) is 0 Å². The summed E-state index contributed by atoms with van der Waals surface area (Å²) in [6, 6.07) is 0. The molecule has 0 amide bonds. The van der Waals surface area contributed by atoms with Gasteiger partial charge < -0.3 is 0 Å². The van der Waals surface area contributed by atoms with E-state index in [4.69, 9.17) is 0 Å². The third-order valence-electron chi connectivity index (χ3n) is 3.17. The van der Waals surface area contributed by atoms with Crippen molar-refractivity contribution < 1.29 is 0 Å². The summed E-state index contributed by atoms with van der Waals surface area (Å²) in [5.74, 6) is 0. The summed E-state index contributed by atoms with van der Waals surface area (Å²) in [5, 5.41) is 0. The van der Waals surface area contributed by atoms with Crippen LogP contribution in [0.2, 0.25) is 0 Å². The molecule has 0 aromatic carbocycles. The fourth-order valence-corrected chi connectivity index (χ4v) is 2.03. The minimum absolute atomic E-state index is 1.19. The maximum atomic E-state index is 2.40. The number of rotatable bonds is 0. The number of hydrogen-bond acceptors (Lipinski definition) is 0. The molecule has 0 bridgehead atoms. The summed E-state index contributed by atoms with van der Waals surface area (Å²) >= 11 is 0. The van der Waals surface area contributed by atoms with Crippen LogP contribution >= 0.6 is 0 Å². The van der Waals surface area contributed by atoms with E-state index in [0.29, 0.717) is 0 Å². The third kappa shape index (κ3) is 4.51. The van der Waals surface area contributed by atoms with Crippen LogP contribution in [0.5, 0.6) is 0 Å². The normalized spacial score (nSPS) is 19.3. The Kier molecular flexibility index (Phi) is 4.87. The maximum absolute atomic E-state index is 2.40. The van der Waals surface area contributed by atoms with Crippen molar-refractivity contribution in [3.8, 4) is 0 Å². The topological polar surface area (TPSA) is 0 Å². The van der Waals surface area contributed by atoms with E-state index in [1.165, 1.54) is 37.7 Å². The molecule has 0 saturated carbocycles. The molecule has 15 heavy (non-hydrogen) atoms. The molecule has 0 heteroatoms. The second-order valence-corrected chi connectivity index (χ2v) is 4.96. The van der Waals surface area contributed by atoms with E-state index in [1.54, 1.807) is 16.7 Å². The van der Waals surface area contributed by atoms with Gasteiger partial charge >= 0.3 is 0 Å². The largest absolute Gasteiger partial charge is 0.0853 e. The SMILES string of the molecule is CC1=CCCC=C(C)CC(=C(C)C)CC1. The zero-order chi connectivity index (χ0) is 11.3. The Bertz CT molecular complexity index is 296. The van der Waals surface area contributed by atoms with Crippen LogP contribution in [0.1, 0.15) is 59.8 Å². The van der Waals surface area contributed by atoms with Gasteiger partial charge in [0.1, 0.15) is 0 Å². The van der Waals surface area contributed by atoms with Crippen molar-refractivity contribution in [2.45, 2.75) is 59.8 Å². The monoisotopic (exact) mass is 204 g/mol. The first-order valence-electron chi connectivity index (χ1n) is 6.06. The van der Waals surface area contributed by atoms with Gasteiger partial charge in [-0.25, -0.2) is 0 Å². The summed E-state index contributed by atoms with van der Waals surface area (Å²) in [6.07, 6.45) is 10.9. The maximum Gasteiger partial charge on any atom is -0.0109 e. The fraction of sp³-hybridized carbons (Fsp3) is 0.600. The van der Waals surface area contributed by atoms with Crippen molar-refractivity contribution in [2.75, 3.05) is 0 Å². The molecule has 0 aromatic rings. The van der Waals surface area contributed by atoms with E-state index in [2.05, 4.69) is 39.8 Å². The highest BCUT2D eigenvalue weighted by molar-refractivity contribution is 5.20. The molecular formula is C15H24. The van der Waals surface area contributed by atoms with E-state index < -0.39 is 0 Å². The zero-order valence-electron chi connectivity index (χ0n) is 10.7. The lowest BCUT2D eigenvalue weighted by atomic mass is 9.94. The molecule has 1 aliphatic carbocycles. The summed E-state index contributed by atoms with van der Waals surface area (Å²) in [4.78, 5) is 0. The second kappa shape index (κ2) is 5.95. The van der Waals surface area contributed by atoms with Gasteiger partial charge in [-0.05, 0) is 59.8 Å². The van der Waals surface area contributed by atoms with Crippen LogP contribution in [0.4, 0.5) is 0 Å². The average molecular weight is 204 g/mol. The van der Waals surface area contributed by atoms with Gasteiger partial charge in [0.05, 0.1) is 0 Å². The molecule has 0 nitrogen and oxygen atoms in total. The van der Waals surface area contributed by atoms with Gasteiger partial charge in [0.15, 0.2) is 0 Å². The number of hydrogen-bond donors (Lipinski definition) is 0. The Balaban J connectivity index is 2.81. The standard InChI is InChI=1S/C15H24/c1-12(2)15-10-9-13(3)7-5-6-8-14(4)11-15/h7-8H,5-6,9-11H2,1-4H3. The Morgan fingerprint density at radius 1 is 0.933 bits per heavy atom. The first-order chi connectivity index (χ1) is 7.09. The number of allylic oxidation sites excluding steroid dienone is 6. The van der Waals surface area contributed by atoms with Crippen LogP contribution in [0.15, 0.2) is 34.4 Å². The molecule has 1 aliphatic rings. The average Bonchev–Trinajstić information content (AvgIpc) is 2.18. The highest BCUT2D eigenvalue weighted by atomic mass is 14.1. The highest BCUT2D eigenvalue weighted by Crippen LogP contribution is 2.23. The molecule has 0 fully saturated rings. The van der Waals surface area contributed by atoms with Gasteiger partial charge in [-0.3, -0.25) is 0 Å². The minimum Gasteiger partial charge on any atom is -0.0853 e. The Labute approximate surface area is 94.8 Å². The van der Waals surface area contributed by atoms with Gasteiger partial charge in [-0.1, -0.05) is 34.4 Å². The lowest BCUT2D eigenvalue weighted by molar-refractivity contribution is 0.840. The highest BCUT2D eigenvalue weighted by Gasteiger charge is 2.03. The summed E-state index contributed by atoms with van der Waals surface area (Å²) in [6.45, 7) is 9.02. The van der Waals surface area contributed by atoms with Crippen molar-refractivity contribution in [3.63, 3.8) is 0 Å². The molecule has 0 spiro atoms. The molecule has 0 heterocycles. The lowest BCUT2D eigenvalue weighted by Crippen LogP contribution is -1.92. The first-order valence-corrected chi connectivity index (χ1v) is 6.06. The van der Waals surface area contributed by atoms with Gasteiger partial charge in [0.25, 0.3) is 0 Å². The van der Waals surface area contributed by atoms with Crippen molar-refractivity contribution >= 4 is 0 Å². The van der Waals surface area contributed by atoms with Crippen LogP contribution in [0, 0.1) is 0 Å². The van der Waals surface area contributed by atoms with Gasteiger partial charge in [0.2, 0.25) is 0 Å². The van der Waals surface area contributed by atoms with E-state index >= 15 is 0 Å². The Morgan fingerprint density at radius 2 is 1.53 bits per heavy atom. The van der Waals surface area contributed by atoms with Crippen LogP contribution in [0.3, 0.4) is 0 Å². The third-order valence-corrected chi connectivity index (χ3v) is 3.17. The molecule has 0 N–H and O–H groups in total. The smallest absolute Gasteiger partial charge is 0.0109 e. The summed E-state index contributed by atoms with van der Waals surface area (Å²) in [7, 11) is 0. The molecule has 0 saturated heterocycles.